The zero-order chi connectivity index (χ0) is 13.9. The lowest BCUT2D eigenvalue weighted by atomic mass is 9.88. The molecule has 0 saturated heterocycles. The number of carbonyl (C=O) groups is 1. The van der Waals surface area contributed by atoms with Crippen LogP contribution in [0.4, 0.5) is 0 Å². The smallest absolute Gasteiger partial charge is 0.310 e. The summed E-state index contributed by atoms with van der Waals surface area (Å²) in [5.74, 6) is -0.380. The van der Waals surface area contributed by atoms with Crippen molar-refractivity contribution in [3.8, 4) is 0 Å². The van der Waals surface area contributed by atoms with Crippen molar-refractivity contribution in [1.82, 2.24) is 0 Å². The van der Waals surface area contributed by atoms with Crippen LogP contribution in [0.3, 0.4) is 0 Å². The first-order valence-corrected chi connectivity index (χ1v) is 8.60. The molecular formula is C17H22O2S. The van der Waals surface area contributed by atoms with Gasteiger partial charge in [0.15, 0.2) is 0 Å². The second-order valence-electron chi connectivity index (χ2n) is 6.16. The quantitative estimate of drug-likeness (QED) is 0.826. The molecule has 0 aliphatic heterocycles. The average Bonchev–Trinajstić information content (AvgIpc) is 3.10. The standard InChI is InChI=1S/C17H22O2S/c18-17(19)16(11-12-3-1-2-4-12)13-5-7-14(8-6-13)20-15-9-10-15/h5-8,12,15-16H,1-4,9-11H2,(H,18,19)/t16-/m0/s1. The molecular weight excluding hydrogens is 268 g/mol. The maximum atomic E-state index is 11.6. The van der Waals surface area contributed by atoms with E-state index in [9.17, 15) is 9.90 Å². The van der Waals surface area contributed by atoms with Crippen LogP contribution in [0.1, 0.15) is 56.4 Å². The molecule has 108 valence electrons. The highest BCUT2D eigenvalue weighted by Crippen LogP contribution is 2.40. The summed E-state index contributed by atoms with van der Waals surface area (Å²) in [6, 6.07) is 8.25. The molecule has 1 aromatic rings. The van der Waals surface area contributed by atoms with Crippen LogP contribution in [-0.2, 0) is 4.79 Å². The van der Waals surface area contributed by atoms with Gasteiger partial charge in [0.05, 0.1) is 5.92 Å². The summed E-state index contributed by atoms with van der Waals surface area (Å²) in [5, 5.41) is 10.3. The number of carboxylic acid groups (broad SMARTS) is 1. The van der Waals surface area contributed by atoms with Crippen LogP contribution < -0.4 is 0 Å². The SMILES string of the molecule is O=C(O)[C@@H](CC1CCCC1)c1ccc(SC2CC2)cc1. The van der Waals surface area contributed by atoms with Crippen molar-refractivity contribution in [2.75, 3.05) is 0 Å². The number of carboxylic acids is 1. The Hall–Kier alpha value is -0.960. The molecule has 3 heteroatoms. The third-order valence-electron chi connectivity index (χ3n) is 4.45. The number of hydrogen-bond donors (Lipinski definition) is 1. The summed E-state index contributed by atoms with van der Waals surface area (Å²) in [7, 11) is 0. The first kappa shape index (κ1) is 14.0. The molecule has 2 nitrogen and oxygen atoms in total. The first-order valence-electron chi connectivity index (χ1n) is 7.72. The zero-order valence-electron chi connectivity index (χ0n) is 11.8. The molecule has 0 bridgehead atoms. The summed E-state index contributed by atoms with van der Waals surface area (Å²) < 4.78 is 0. The Morgan fingerprint density at radius 1 is 1.15 bits per heavy atom. The molecule has 0 radical (unpaired) electrons. The van der Waals surface area contributed by atoms with Gasteiger partial charge >= 0.3 is 5.97 Å². The predicted molar refractivity (Wildman–Crippen MR) is 82.3 cm³/mol. The number of hydrogen-bond acceptors (Lipinski definition) is 2. The van der Waals surface area contributed by atoms with Gasteiger partial charge < -0.3 is 5.11 Å². The van der Waals surface area contributed by atoms with Gasteiger partial charge in [-0.3, -0.25) is 4.79 Å². The van der Waals surface area contributed by atoms with Gasteiger partial charge in [0.25, 0.3) is 0 Å². The molecule has 2 fully saturated rings. The van der Waals surface area contributed by atoms with Crippen LogP contribution >= 0.6 is 11.8 Å². The van der Waals surface area contributed by atoms with Gasteiger partial charge in [0.1, 0.15) is 0 Å². The molecule has 0 aromatic heterocycles. The monoisotopic (exact) mass is 290 g/mol. The third kappa shape index (κ3) is 3.57. The summed E-state index contributed by atoms with van der Waals surface area (Å²) in [6.45, 7) is 0. The van der Waals surface area contributed by atoms with Crippen LogP contribution in [0.5, 0.6) is 0 Å². The Balaban J connectivity index is 1.67. The molecule has 0 unspecified atom stereocenters. The van der Waals surface area contributed by atoms with Crippen LogP contribution in [0.25, 0.3) is 0 Å². The molecule has 1 N–H and O–H groups in total. The van der Waals surface area contributed by atoms with E-state index in [2.05, 4.69) is 12.1 Å². The van der Waals surface area contributed by atoms with Crippen LogP contribution in [0.15, 0.2) is 29.2 Å². The van der Waals surface area contributed by atoms with Crippen LogP contribution in [0, 0.1) is 5.92 Å². The van der Waals surface area contributed by atoms with Crippen molar-refractivity contribution in [2.45, 2.75) is 61.0 Å². The van der Waals surface area contributed by atoms with E-state index in [0.717, 1.165) is 17.2 Å². The first-order chi connectivity index (χ1) is 9.72. The van der Waals surface area contributed by atoms with Gasteiger partial charge in [0.2, 0.25) is 0 Å². The minimum Gasteiger partial charge on any atom is -0.481 e. The molecule has 1 aromatic carbocycles. The van der Waals surface area contributed by atoms with Crippen molar-refractivity contribution in [3.05, 3.63) is 29.8 Å². The lowest BCUT2D eigenvalue weighted by Gasteiger charge is -2.17. The summed E-state index contributed by atoms with van der Waals surface area (Å²) >= 11 is 1.92. The minimum atomic E-state index is -0.667. The van der Waals surface area contributed by atoms with Gasteiger partial charge in [-0.2, -0.15) is 0 Å². The fourth-order valence-electron chi connectivity index (χ4n) is 3.12. The minimum absolute atomic E-state index is 0.321. The molecule has 2 aliphatic carbocycles. The average molecular weight is 290 g/mol. The highest BCUT2D eigenvalue weighted by molar-refractivity contribution is 8.00. The van der Waals surface area contributed by atoms with Crippen molar-refractivity contribution >= 4 is 17.7 Å². The molecule has 3 rings (SSSR count). The topological polar surface area (TPSA) is 37.3 Å². The van der Waals surface area contributed by atoms with E-state index >= 15 is 0 Å². The maximum absolute atomic E-state index is 11.6. The van der Waals surface area contributed by atoms with Crippen LogP contribution in [0.2, 0.25) is 0 Å². The normalized spacial score (nSPS) is 21.0. The molecule has 0 heterocycles. The molecule has 20 heavy (non-hydrogen) atoms. The van der Waals surface area contributed by atoms with Crippen molar-refractivity contribution < 1.29 is 9.90 Å². The zero-order valence-corrected chi connectivity index (χ0v) is 12.6. The number of aliphatic carboxylic acids is 1. The number of rotatable bonds is 6. The van der Waals surface area contributed by atoms with Crippen molar-refractivity contribution in [1.29, 1.82) is 0 Å². The second kappa shape index (κ2) is 6.21. The van der Waals surface area contributed by atoms with Gasteiger partial charge in [-0.05, 0) is 42.9 Å². The van der Waals surface area contributed by atoms with E-state index in [1.54, 1.807) is 0 Å². The third-order valence-corrected chi connectivity index (χ3v) is 5.80. The summed E-state index contributed by atoms with van der Waals surface area (Å²) in [5.41, 5.74) is 0.976. The van der Waals surface area contributed by atoms with E-state index in [-0.39, 0.29) is 5.92 Å². The molecule has 0 spiro atoms. The second-order valence-corrected chi connectivity index (χ2v) is 7.54. The Bertz CT molecular complexity index is 458. The van der Waals surface area contributed by atoms with E-state index in [1.807, 2.05) is 23.9 Å². The van der Waals surface area contributed by atoms with Crippen molar-refractivity contribution in [2.24, 2.45) is 5.92 Å². The Morgan fingerprint density at radius 2 is 1.80 bits per heavy atom. The van der Waals surface area contributed by atoms with Gasteiger partial charge in [-0.25, -0.2) is 0 Å². The summed E-state index contributed by atoms with van der Waals surface area (Å²) in [6.07, 6.45) is 8.42. The predicted octanol–water partition coefficient (Wildman–Crippen LogP) is 4.69. The number of benzene rings is 1. The van der Waals surface area contributed by atoms with E-state index in [0.29, 0.717) is 5.92 Å². The molecule has 2 aliphatic rings. The maximum Gasteiger partial charge on any atom is 0.310 e. The molecule has 2 saturated carbocycles. The van der Waals surface area contributed by atoms with Gasteiger partial charge in [-0.15, -0.1) is 11.8 Å². The van der Waals surface area contributed by atoms with Gasteiger partial charge in [0, 0.05) is 10.1 Å². The molecule has 1 atom stereocenters. The van der Waals surface area contributed by atoms with Crippen molar-refractivity contribution in [3.63, 3.8) is 0 Å². The van der Waals surface area contributed by atoms with E-state index in [4.69, 9.17) is 0 Å². The van der Waals surface area contributed by atoms with E-state index < -0.39 is 5.97 Å². The highest BCUT2D eigenvalue weighted by atomic mass is 32.2. The van der Waals surface area contributed by atoms with Crippen LogP contribution in [-0.4, -0.2) is 16.3 Å². The number of thioether (sulfide) groups is 1. The lowest BCUT2D eigenvalue weighted by Crippen LogP contribution is -2.15. The Kier molecular flexibility index (Phi) is 4.35. The highest BCUT2D eigenvalue weighted by Gasteiger charge is 2.27. The van der Waals surface area contributed by atoms with Gasteiger partial charge in [-0.1, -0.05) is 37.8 Å². The Labute approximate surface area is 125 Å². The summed E-state index contributed by atoms with van der Waals surface area (Å²) in [4.78, 5) is 12.8. The lowest BCUT2D eigenvalue weighted by molar-refractivity contribution is -0.139. The molecule has 0 amide bonds. The fraction of sp³-hybridized carbons (Fsp3) is 0.588. The Morgan fingerprint density at radius 3 is 2.35 bits per heavy atom. The largest absolute Gasteiger partial charge is 0.481 e. The fourth-order valence-corrected chi connectivity index (χ4v) is 4.17. The van der Waals surface area contributed by atoms with E-state index in [1.165, 1.54) is 43.4 Å².